The van der Waals surface area contributed by atoms with E-state index in [0.717, 1.165) is 18.8 Å². The van der Waals surface area contributed by atoms with Crippen molar-refractivity contribution in [1.29, 1.82) is 0 Å². The van der Waals surface area contributed by atoms with Gasteiger partial charge >= 0.3 is 6.03 Å². The van der Waals surface area contributed by atoms with Crippen LogP contribution in [-0.4, -0.2) is 36.6 Å². The fourth-order valence-electron chi connectivity index (χ4n) is 3.00. The van der Waals surface area contributed by atoms with E-state index in [9.17, 15) is 4.79 Å². The summed E-state index contributed by atoms with van der Waals surface area (Å²) >= 11 is 0. The minimum Gasteiger partial charge on any atom is -0.336 e. The van der Waals surface area contributed by atoms with Crippen molar-refractivity contribution in [2.75, 3.05) is 25.5 Å². The smallest absolute Gasteiger partial charge is 0.319 e. The van der Waals surface area contributed by atoms with Gasteiger partial charge in [-0.25, -0.2) is 4.79 Å². The molecule has 0 aliphatic heterocycles. The second kappa shape index (κ2) is 6.75. The van der Waals surface area contributed by atoms with Gasteiger partial charge in [-0.1, -0.05) is 38.0 Å². The van der Waals surface area contributed by atoms with Gasteiger partial charge in [0.1, 0.15) is 0 Å². The summed E-state index contributed by atoms with van der Waals surface area (Å²) in [6, 6.07) is 9.43. The van der Waals surface area contributed by atoms with Crippen molar-refractivity contribution in [3.05, 3.63) is 30.3 Å². The highest BCUT2D eigenvalue weighted by atomic mass is 16.2. The second-order valence-corrected chi connectivity index (χ2v) is 5.62. The predicted octanol–water partition coefficient (Wildman–Crippen LogP) is 3.07. The lowest BCUT2D eigenvalue weighted by Gasteiger charge is -2.38. The Labute approximate surface area is 121 Å². The molecule has 1 aliphatic carbocycles. The Kier molecular flexibility index (Phi) is 5.01. The summed E-state index contributed by atoms with van der Waals surface area (Å²) in [5, 5.41) is 5.91. The highest BCUT2D eigenvalue weighted by molar-refractivity contribution is 5.89. The number of carbonyl (C=O) groups is 1. The molecule has 0 bridgehead atoms. The molecule has 0 heterocycles. The zero-order valence-corrected chi connectivity index (χ0v) is 12.5. The molecule has 1 aliphatic rings. The van der Waals surface area contributed by atoms with Crippen LogP contribution >= 0.6 is 0 Å². The van der Waals surface area contributed by atoms with Crippen molar-refractivity contribution in [2.24, 2.45) is 0 Å². The van der Waals surface area contributed by atoms with Crippen LogP contribution in [0.15, 0.2) is 30.3 Å². The van der Waals surface area contributed by atoms with E-state index in [4.69, 9.17) is 0 Å². The summed E-state index contributed by atoms with van der Waals surface area (Å²) < 4.78 is 0. The molecular weight excluding hydrogens is 250 g/mol. The van der Waals surface area contributed by atoms with Crippen LogP contribution in [0.25, 0.3) is 0 Å². The molecule has 0 radical (unpaired) electrons. The number of amides is 2. The van der Waals surface area contributed by atoms with Gasteiger partial charge in [-0.15, -0.1) is 0 Å². The lowest BCUT2D eigenvalue weighted by molar-refractivity contribution is 0.131. The summed E-state index contributed by atoms with van der Waals surface area (Å²) in [6.07, 6.45) is 4.85. The molecule has 110 valence electrons. The number of nitrogens with one attached hydrogen (secondary N) is 2. The van der Waals surface area contributed by atoms with Crippen molar-refractivity contribution in [1.82, 2.24) is 10.2 Å². The van der Waals surface area contributed by atoms with E-state index >= 15 is 0 Å². The van der Waals surface area contributed by atoms with Gasteiger partial charge in [0.2, 0.25) is 0 Å². The molecule has 4 nitrogen and oxygen atoms in total. The number of hydrogen-bond acceptors (Lipinski definition) is 2. The molecule has 0 unspecified atom stereocenters. The first-order chi connectivity index (χ1) is 9.66. The quantitative estimate of drug-likeness (QED) is 0.867. The van der Waals surface area contributed by atoms with Gasteiger partial charge < -0.3 is 10.6 Å². The zero-order chi connectivity index (χ0) is 14.4. The summed E-state index contributed by atoms with van der Waals surface area (Å²) in [5.74, 6) is 0. The number of rotatable bonds is 5. The van der Waals surface area contributed by atoms with Crippen molar-refractivity contribution in [2.45, 2.75) is 38.1 Å². The zero-order valence-electron chi connectivity index (χ0n) is 12.5. The molecule has 0 spiro atoms. The number of anilines is 1. The van der Waals surface area contributed by atoms with Crippen molar-refractivity contribution < 1.29 is 4.79 Å². The van der Waals surface area contributed by atoms with E-state index in [2.05, 4.69) is 29.5 Å². The van der Waals surface area contributed by atoms with Gasteiger partial charge in [-0.3, -0.25) is 4.90 Å². The Balaban J connectivity index is 1.88. The van der Waals surface area contributed by atoms with Crippen molar-refractivity contribution >= 4 is 11.7 Å². The topological polar surface area (TPSA) is 44.4 Å². The van der Waals surface area contributed by atoms with Crippen molar-refractivity contribution in [3.63, 3.8) is 0 Å². The number of carbonyl (C=O) groups excluding carboxylic acids is 1. The monoisotopic (exact) mass is 275 g/mol. The molecule has 1 saturated carbocycles. The van der Waals surface area contributed by atoms with Gasteiger partial charge in [0, 0.05) is 17.8 Å². The third kappa shape index (κ3) is 3.51. The van der Waals surface area contributed by atoms with E-state index < -0.39 is 0 Å². The number of para-hydroxylation sites is 1. The maximum absolute atomic E-state index is 12.0. The van der Waals surface area contributed by atoms with Crippen LogP contribution in [0.2, 0.25) is 0 Å². The molecule has 2 rings (SSSR count). The fraction of sp³-hybridized carbons (Fsp3) is 0.562. The summed E-state index contributed by atoms with van der Waals surface area (Å²) in [4.78, 5) is 14.4. The number of likely N-dealkylation sites (N-methyl/N-ethyl adjacent to an activating group) is 1. The average molecular weight is 275 g/mol. The number of urea groups is 1. The molecule has 0 atom stereocenters. The van der Waals surface area contributed by atoms with Crippen LogP contribution in [0.5, 0.6) is 0 Å². The van der Waals surface area contributed by atoms with Gasteiger partial charge in [0.25, 0.3) is 0 Å². The van der Waals surface area contributed by atoms with E-state index in [1.165, 1.54) is 25.7 Å². The number of hydrogen-bond donors (Lipinski definition) is 2. The third-order valence-corrected chi connectivity index (χ3v) is 4.43. The van der Waals surface area contributed by atoms with Gasteiger partial charge in [-0.05, 0) is 38.6 Å². The molecule has 1 fully saturated rings. The summed E-state index contributed by atoms with van der Waals surface area (Å²) in [6.45, 7) is 3.90. The van der Waals surface area contributed by atoms with Crippen LogP contribution in [0.3, 0.4) is 0 Å². The third-order valence-electron chi connectivity index (χ3n) is 4.43. The lowest BCUT2D eigenvalue weighted by atomic mass is 9.95. The van der Waals surface area contributed by atoms with Crippen LogP contribution < -0.4 is 10.6 Å². The second-order valence-electron chi connectivity index (χ2n) is 5.62. The predicted molar refractivity (Wildman–Crippen MR) is 83.0 cm³/mol. The van der Waals surface area contributed by atoms with Crippen LogP contribution in [0.4, 0.5) is 10.5 Å². The SMILES string of the molecule is CCN(C)C1(CNC(=O)Nc2ccccc2)CCCC1. The first kappa shape index (κ1) is 14.9. The molecule has 0 aromatic heterocycles. The Hall–Kier alpha value is -1.55. The normalized spacial score (nSPS) is 17.1. The van der Waals surface area contributed by atoms with Gasteiger partial charge in [0.15, 0.2) is 0 Å². The lowest BCUT2D eigenvalue weighted by Crippen LogP contribution is -2.52. The van der Waals surface area contributed by atoms with Crippen molar-refractivity contribution in [3.8, 4) is 0 Å². The van der Waals surface area contributed by atoms with E-state index in [-0.39, 0.29) is 11.6 Å². The van der Waals surface area contributed by atoms with Crippen LogP contribution in [0.1, 0.15) is 32.6 Å². The minimum atomic E-state index is -0.119. The number of benzene rings is 1. The maximum Gasteiger partial charge on any atom is 0.319 e. The largest absolute Gasteiger partial charge is 0.336 e. The first-order valence-electron chi connectivity index (χ1n) is 7.47. The van der Waals surface area contributed by atoms with Gasteiger partial charge in [0.05, 0.1) is 0 Å². The molecule has 1 aromatic rings. The maximum atomic E-state index is 12.0. The summed E-state index contributed by atoms with van der Waals surface area (Å²) in [7, 11) is 2.15. The molecule has 1 aromatic carbocycles. The van der Waals surface area contributed by atoms with Crippen LogP contribution in [0, 0.1) is 0 Å². The molecule has 2 N–H and O–H groups in total. The fourth-order valence-corrected chi connectivity index (χ4v) is 3.00. The Morgan fingerprint density at radius 3 is 2.50 bits per heavy atom. The molecule has 0 saturated heterocycles. The first-order valence-corrected chi connectivity index (χ1v) is 7.47. The van der Waals surface area contributed by atoms with Gasteiger partial charge in [-0.2, -0.15) is 0 Å². The van der Waals surface area contributed by atoms with E-state index in [1.807, 2.05) is 30.3 Å². The Morgan fingerprint density at radius 2 is 1.90 bits per heavy atom. The highest BCUT2D eigenvalue weighted by Crippen LogP contribution is 2.33. The van der Waals surface area contributed by atoms with Crippen LogP contribution in [-0.2, 0) is 0 Å². The standard InChI is InChI=1S/C16H25N3O/c1-3-19(2)16(11-7-8-12-16)13-17-15(20)18-14-9-5-4-6-10-14/h4-6,9-10H,3,7-8,11-13H2,1-2H3,(H2,17,18,20). The molecule has 4 heteroatoms. The molecule has 20 heavy (non-hydrogen) atoms. The van der Waals surface area contributed by atoms with E-state index in [1.54, 1.807) is 0 Å². The highest BCUT2D eigenvalue weighted by Gasteiger charge is 2.37. The molecular formula is C16H25N3O. The number of nitrogens with zero attached hydrogens (tertiary/aromatic N) is 1. The Morgan fingerprint density at radius 1 is 1.25 bits per heavy atom. The summed E-state index contributed by atoms with van der Waals surface area (Å²) in [5.41, 5.74) is 0.970. The average Bonchev–Trinajstić information content (AvgIpc) is 2.95. The minimum absolute atomic E-state index is 0.119. The Bertz CT molecular complexity index is 427. The van der Waals surface area contributed by atoms with E-state index in [0.29, 0.717) is 0 Å². The molecule has 2 amide bonds.